The molecule has 0 bridgehead atoms. The van der Waals surface area contributed by atoms with Gasteiger partial charge < -0.3 is 4.74 Å². The zero-order chi connectivity index (χ0) is 17.5. The van der Waals surface area contributed by atoms with Gasteiger partial charge in [0.1, 0.15) is 5.75 Å². The normalized spacial score (nSPS) is 20.8. The second-order valence-electron chi connectivity index (χ2n) is 6.45. The van der Waals surface area contributed by atoms with E-state index in [2.05, 4.69) is 50.2 Å². The van der Waals surface area contributed by atoms with E-state index < -0.39 is 0 Å². The molecule has 2 atom stereocenters. The van der Waals surface area contributed by atoms with E-state index in [0.29, 0.717) is 0 Å². The van der Waals surface area contributed by atoms with Gasteiger partial charge in [-0.1, -0.05) is 46.3 Å². The van der Waals surface area contributed by atoms with Crippen molar-refractivity contribution in [3.8, 4) is 5.75 Å². The number of ether oxygens (including phenoxy) is 1. The van der Waals surface area contributed by atoms with Crippen LogP contribution in [0.4, 0.5) is 0 Å². The van der Waals surface area contributed by atoms with Crippen LogP contribution in [0.3, 0.4) is 0 Å². The summed E-state index contributed by atoms with van der Waals surface area (Å²) in [6, 6.07) is 20.7. The maximum absolute atomic E-state index is 6.32. The fourth-order valence-corrected chi connectivity index (χ4v) is 4.02. The van der Waals surface area contributed by atoms with E-state index in [1.807, 2.05) is 36.4 Å². The van der Waals surface area contributed by atoms with Gasteiger partial charge in [0.05, 0.1) is 11.8 Å². The molecule has 0 radical (unpaired) electrons. The van der Waals surface area contributed by atoms with Crippen LogP contribution in [-0.2, 0) is 0 Å². The molecule has 26 heavy (non-hydrogen) atoms. The summed E-state index contributed by atoms with van der Waals surface area (Å²) in [7, 11) is 0. The summed E-state index contributed by atoms with van der Waals surface area (Å²) in [4.78, 5) is 4.13. The Bertz CT molecular complexity index is 989. The third kappa shape index (κ3) is 2.59. The summed E-state index contributed by atoms with van der Waals surface area (Å²) >= 11 is 3.56. The third-order valence-corrected chi connectivity index (χ3v) is 5.34. The van der Waals surface area contributed by atoms with Crippen LogP contribution in [-0.4, -0.2) is 15.7 Å². The first kappa shape index (κ1) is 15.6. The van der Waals surface area contributed by atoms with Gasteiger partial charge in [-0.25, -0.2) is 5.01 Å². The van der Waals surface area contributed by atoms with Crippen LogP contribution in [0.2, 0.25) is 0 Å². The average Bonchev–Trinajstić information content (AvgIpc) is 3.14. The minimum Gasteiger partial charge on any atom is -0.464 e. The van der Waals surface area contributed by atoms with Crippen molar-refractivity contribution in [2.24, 2.45) is 5.10 Å². The number of halogens is 1. The maximum atomic E-state index is 6.32. The Kier molecular flexibility index (Phi) is 3.75. The summed E-state index contributed by atoms with van der Waals surface area (Å²) in [6.45, 7) is 0. The highest BCUT2D eigenvalue weighted by Crippen LogP contribution is 2.47. The van der Waals surface area contributed by atoms with E-state index in [1.54, 1.807) is 12.4 Å². The van der Waals surface area contributed by atoms with Crippen molar-refractivity contribution < 1.29 is 4.74 Å². The van der Waals surface area contributed by atoms with E-state index in [9.17, 15) is 0 Å². The first-order valence-corrected chi connectivity index (χ1v) is 9.36. The summed E-state index contributed by atoms with van der Waals surface area (Å²) in [5.74, 6) is 0.932. The molecule has 3 heterocycles. The quantitative estimate of drug-likeness (QED) is 0.595. The van der Waals surface area contributed by atoms with E-state index in [0.717, 1.165) is 33.5 Å². The van der Waals surface area contributed by atoms with Gasteiger partial charge in [-0.05, 0) is 35.9 Å². The van der Waals surface area contributed by atoms with Crippen molar-refractivity contribution in [3.63, 3.8) is 0 Å². The number of benzene rings is 2. The Labute approximate surface area is 160 Å². The van der Waals surface area contributed by atoms with Crippen molar-refractivity contribution in [1.82, 2.24) is 9.99 Å². The van der Waals surface area contributed by atoms with Crippen molar-refractivity contribution in [2.75, 3.05) is 0 Å². The molecule has 5 rings (SSSR count). The van der Waals surface area contributed by atoms with Crippen molar-refractivity contribution in [1.29, 1.82) is 0 Å². The molecule has 128 valence electrons. The number of para-hydroxylation sites is 1. The number of rotatable bonds is 2. The topological polar surface area (TPSA) is 37.7 Å². The highest BCUT2D eigenvalue weighted by atomic mass is 79.9. The van der Waals surface area contributed by atoms with Crippen molar-refractivity contribution >= 4 is 21.6 Å². The van der Waals surface area contributed by atoms with E-state index in [4.69, 9.17) is 9.84 Å². The smallest absolute Gasteiger partial charge is 0.213 e. The number of nitrogens with zero attached hydrogens (tertiary/aromatic N) is 3. The van der Waals surface area contributed by atoms with Gasteiger partial charge in [0.25, 0.3) is 0 Å². The van der Waals surface area contributed by atoms with Crippen molar-refractivity contribution in [2.45, 2.75) is 18.7 Å². The third-order valence-electron chi connectivity index (χ3n) is 4.85. The van der Waals surface area contributed by atoms with Crippen LogP contribution in [0.1, 0.15) is 35.4 Å². The molecule has 2 aliphatic heterocycles. The van der Waals surface area contributed by atoms with Crippen LogP contribution in [0.25, 0.3) is 0 Å². The molecule has 1 aromatic heterocycles. The largest absolute Gasteiger partial charge is 0.464 e. The van der Waals surface area contributed by atoms with Gasteiger partial charge in [-0.2, -0.15) is 5.10 Å². The number of pyridine rings is 1. The fraction of sp³-hybridized carbons (Fsp3) is 0.143. The van der Waals surface area contributed by atoms with E-state index in [1.165, 1.54) is 5.56 Å². The molecule has 4 nitrogen and oxygen atoms in total. The Hall–Kier alpha value is -2.66. The number of hydrogen-bond acceptors (Lipinski definition) is 4. The molecule has 2 unspecified atom stereocenters. The van der Waals surface area contributed by atoms with Crippen LogP contribution in [0.15, 0.2) is 82.6 Å². The highest BCUT2D eigenvalue weighted by Gasteiger charge is 2.40. The molecule has 0 N–H and O–H groups in total. The Balaban J connectivity index is 1.60. The van der Waals surface area contributed by atoms with Crippen LogP contribution in [0, 0.1) is 0 Å². The SMILES string of the molecule is Brc1cccc(C2=NN3C(C2)c2ccccc2OC3c2ccncc2)c1. The fourth-order valence-electron chi connectivity index (χ4n) is 3.62. The summed E-state index contributed by atoms with van der Waals surface area (Å²) in [5.41, 5.74) is 4.46. The lowest BCUT2D eigenvalue weighted by atomic mass is 9.96. The standard InChI is InChI=1S/C21H16BrN3O/c22-16-5-3-4-15(12-16)18-13-19-17-6-1-2-7-20(17)26-21(25(19)24-18)14-8-10-23-11-9-14/h1-12,19,21H,13H2. The first-order chi connectivity index (χ1) is 12.8. The molecule has 0 fully saturated rings. The zero-order valence-corrected chi connectivity index (χ0v) is 15.5. The lowest BCUT2D eigenvalue weighted by Crippen LogP contribution is -2.33. The molecule has 3 aromatic rings. The Morgan fingerprint density at radius 1 is 1.00 bits per heavy atom. The maximum Gasteiger partial charge on any atom is 0.213 e. The van der Waals surface area contributed by atoms with Gasteiger partial charge in [0, 0.05) is 34.4 Å². The zero-order valence-electron chi connectivity index (χ0n) is 13.9. The number of hydrogen-bond donors (Lipinski definition) is 0. The Morgan fingerprint density at radius 2 is 1.85 bits per heavy atom. The molecule has 0 saturated carbocycles. The van der Waals surface area contributed by atoms with Crippen LogP contribution < -0.4 is 4.74 Å². The summed E-state index contributed by atoms with van der Waals surface area (Å²) in [6.07, 6.45) is 4.20. The minimum absolute atomic E-state index is 0.173. The second kappa shape index (κ2) is 6.25. The van der Waals surface area contributed by atoms with Crippen LogP contribution in [0.5, 0.6) is 5.75 Å². The summed E-state index contributed by atoms with van der Waals surface area (Å²) in [5, 5.41) is 7.05. The molecular formula is C21H16BrN3O. The Morgan fingerprint density at radius 3 is 2.69 bits per heavy atom. The highest BCUT2D eigenvalue weighted by molar-refractivity contribution is 9.10. The van der Waals surface area contributed by atoms with E-state index >= 15 is 0 Å². The molecule has 5 heteroatoms. The first-order valence-electron chi connectivity index (χ1n) is 8.57. The number of fused-ring (bicyclic) bond motifs is 3. The summed E-state index contributed by atoms with van der Waals surface area (Å²) < 4.78 is 7.38. The van der Waals surface area contributed by atoms with E-state index in [-0.39, 0.29) is 12.3 Å². The molecule has 0 spiro atoms. The molecule has 2 aliphatic rings. The number of hydrazone groups is 1. The lowest BCUT2D eigenvalue weighted by molar-refractivity contribution is -0.0190. The predicted octanol–water partition coefficient (Wildman–Crippen LogP) is 5.09. The lowest BCUT2D eigenvalue weighted by Gasteiger charge is -2.38. The predicted molar refractivity (Wildman–Crippen MR) is 104 cm³/mol. The van der Waals surface area contributed by atoms with Gasteiger partial charge in [-0.3, -0.25) is 4.98 Å². The average molecular weight is 406 g/mol. The molecule has 0 aliphatic carbocycles. The van der Waals surface area contributed by atoms with Crippen LogP contribution >= 0.6 is 15.9 Å². The van der Waals surface area contributed by atoms with Gasteiger partial charge >= 0.3 is 0 Å². The molecule has 0 saturated heterocycles. The second-order valence-corrected chi connectivity index (χ2v) is 7.36. The monoisotopic (exact) mass is 405 g/mol. The molecule has 0 amide bonds. The van der Waals surface area contributed by atoms with Gasteiger partial charge in [0.15, 0.2) is 0 Å². The van der Waals surface area contributed by atoms with Crippen molar-refractivity contribution in [3.05, 3.63) is 94.2 Å². The van der Waals surface area contributed by atoms with Gasteiger partial charge in [0.2, 0.25) is 6.23 Å². The molecular weight excluding hydrogens is 390 g/mol. The minimum atomic E-state index is -0.248. The number of aromatic nitrogens is 1. The van der Waals surface area contributed by atoms with Gasteiger partial charge in [-0.15, -0.1) is 0 Å². The molecule has 2 aromatic carbocycles.